The summed E-state index contributed by atoms with van der Waals surface area (Å²) >= 11 is 16.7. The Morgan fingerprint density at radius 2 is 1.36 bits per heavy atom. The molecule has 0 N–H and O–H groups in total. The van der Waals surface area contributed by atoms with Crippen LogP contribution in [0.4, 0.5) is 0 Å². The largest absolute Gasteiger partial charge is 0.343 e. The van der Waals surface area contributed by atoms with E-state index in [0.717, 1.165) is 0 Å². The molecule has 1 aliphatic heterocycles. The molecule has 0 saturated carbocycles. The molecule has 1 aliphatic rings. The van der Waals surface area contributed by atoms with Crippen LogP contribution in [0.5, 0.6) is 0 Å². The van der Waals surface area contributed by atoms with Crippen LogP contribution in [0.3, 0.4) is 0 Å². The number of rotatable bonds is 0. The van der Waals surface area contributed by atoms with E-state index >= 15 is 0 Å². The minimum Gasteiger partial charge on any atom is -0.343 e. The summed E-state index contributed by atoms with van der Waals surface area (Å²) in [4.78, 5) is 0. The lowest BCUT2D eigenvalue weighted by molar-refractivity contribution is -0.0583. The first-order valence-electron chi connectivity index (χ1n) is 3.29. The van der Waals surface area contributed by atoms with Gasteiger partial charge in [-0.1, -0.05) is 34.8 Å². The van der Waals surface area contributed by atoms with Crippen molar-refractivity contribution in [2.24, 2.45) is 0 Å². The highest BCUT2D eigenvalue weighted by Gasteiger charge is 2.42. The third-order valence-corrected chi connectivity index (χ3v) is 2.14. The van der Waals surface area contributed by atoms with Crippen LogP contribution >= 0.6 is 34.8 Å². The highest BCUT2D eigenvalue weighted by atomic mass is 35.6. The van der Waals surface area contributed by atoms with Gasteiger partial charge in [-0.05, 0) is 13.8 Å². The molecular weight excluding hydrogens is 210 g/mol. The van der Waals surface area contributed by atoms with Crippen LogP contribution in [0, 0.1) is 0 Å². The molecule has 1 heterocycles. The molecule has 0 aromatic carbocycles. The molecule has 0 radical (unpaired) electrons. The second kappa shape index (κ2) is 3.27. The van der Waals surface area contributed by atoms with Gasteiger partial charge in [0.2, 0.25) is 10.1 Å². The fourth-order valence-electron chi connectivity index (χ4n) is 0.798. The Bertz CT molecular complexity index is 135. The van der Waals surface area contributed by atoms with Crippen LogP contribution in [-0.4, -0.2) is 22.3 Å². The average Bonchev–Trinajstić information content (AvgIpc) is 2.11. The lowest BCUT2D eigenvalue weighted by Gasteiger charge is -2.17. The molecular formula is C6H9Cl3O2. The SMILES string of the molecule is C[C@@H]1OC(C(Cl)(Cl)Cl)O[C@@H]1C. The maximum absolute atomic E-state index is 5.55. The van der Waals surface area contributed by atoms with Crippen LogP contribution < -0.4 is 0 Å². The third-order valence-electron chi connectivity index (χ3n) is 1.60. The topological polar surface area (TPSA) is 18.5 Å². The number of hydrogen-bond donors (Lipinski definition) is 0. The summed E-state index contributed by atoms with van der Waals surface area (Å²) in [5, 5.41) is 0. The molecule has 1 fully saturated rings. The summed E-state index contributed by atoms with van der Waals surface area (Å²) < 4.78 is 8.95. The Morgan fingerprint density at radius 3 is 1.55 bits per heavy atom. The fraction of sp³-hybridized carbons (Fsp3) is 1.00. The Kier molecular flexibility index (Phi) is 2.93. The van der Waals surface area contributed by atoms with E-state index in [9.17, 15) is 0 Å². The van der Waals surface area contributed by atoms with Gasteiger partial charge in [-0.15, -0.1) is 0 Å². The summed E-state index contributed by atoms with van der Waals surface area (Å²) in [6.07, 6.45) is -0.774. The van der Waals surface area contributed by atoms with E-state index in [1.54, 1.807) is 0 Å². The van der Waals surface area contributed by atoms with Gasteiger partial charge in [0.25, 0.3) is 0 Å². The maximum atomic E-state index is 5.55. The van der Waals surface area contributed by atoms with E-state index in [0.29, 0.717) is 0 Å². The summed E-state index contributed by atoms with van der Waals surface area (Å²) in [5.41, 5.74) is 0. The summed E-state index contributed by atoms with van der Waals surface area (Å²) in [5.74, 6) is 0. The van der Waals surface area contributed by atoms with Crippen molar-refractivity contribution in [3.05, 3.63) is 0 Å². The van der Waals surface area contributed by atoms with Gasteiger partial charge in [0.05, 0.1) is 12.2 Å². The van der Waals surface area contributed by atoms with Gasteiger partial charge in [-0.2, -0.15) is 0 Å². The van der Waals surface area contributed by atoms with Gasteiger partial charge < -0.3 is 9.47 Å². The molecule has 0 aromatic heterocycles. The molecule has 0 aromatic rings. The van der Waals surface area contributed by atoms with Crippen LogP contribution in [0.2, 0.25) is 0 Å². The first kappa shape index (κ1) is 9.87. The monoisotopic (exact) mass is 218 g/mol. The molecule has 0 amide bonds. The second-order valence-corrected chi connectivity index (χ2v) is 4.92. The number of alkyl halides is 3. The fourth-order valence-corrected chi connectivity index (χ4v) is 1.11. The van der Waals surface area contributed by atoms with Crippen LogP contribution in [0.25, 0.3) is 0 Å². The molecule has 5 heteroatoms. The minimum atomic E-state index is -1.49. The van der Waals surface area contributed by atoms with Gasteiger partial charge in [0, 0.05) is 0 Å². The van der Waals surface area contributed by atoms with E-state index in [4.69, 9.17) is 44.3 Å². The predicted molar refractivity (Wildman–Crippen MR) is 45.2 cm³/mol. The predicted octanol–water partition coefficient (Wildman–Crippen LogP) is 2.51. The zero-order chi connectivity index (χ0) is 8.65. The summed E-state index contributed by atoms with van der Waals surface area (Å²) in [6.45, 7) is 3.75. The Morgan fingerprint density at radius 1 is 1.00 bits per heavy atom. The van der Waals surface area contributed by atoms with Crippen LogP contribution in [0.15, 0.2) is 0 Å². The molecule has 66 valence electrons. The number of ether oxygens (including phenoxy) is 2. The number of halogens is 3. The highest BCUT2D eigenvalue weighted by molar-refractivity contribution is 6.67. The molecule has 3 atom stereocenters. The van der Waals surface area contributed by atoms with Gasteiger partial charge >= 0.3 is 0 Å². The highest BCUT2D eigenvalue weighted by Crippen LogP contribution is 2.37. The van der Waals surface area contributed by atoms with Crippen molar-refractivity contribution >= 4 is 34.8 Å². The molecule has 1 rings (SSSR count). The van der Waals surface area contributed by atoms with Crippen molar-refractivity contribution in [3.8, 4) is 0 Å². The quantitative estimate of drug-likeness (QED) is 0.583. The Labute approximate surface area is 80.7 Å². The van der Waals surface area contributed by atoms with Gasteiger partial charge in [0.1, 0.15) is 0 Å². The summed E-state index contributed by atoms with van der Waals surface area (Å²) in [6, 6.07) is 0. The molecule has 11 heavy (non-hydrogen) atoms. The third kappa shape index (κ3) is 2.36. The number of hydrogen-bond acceptors (Lipinski definition) is 2. The summed E-state index contributed by atoms with van der Waals surface area (Å²) in [7, 11) is 0. The Balaban J connectivity index is 2.54. The smallest absolute Gasteiger partial charge is 0.240 e. The van der Waals surface area contributed by atoms with Gasteiger partial charge in [-0.3, -0.25) is 0 Å². The average molecular weight is 219 g/mol. The molecule has 2 nitrogen and oxygen atoms in total. The van der Waals surface area contributed by atoms with Gasteiger partial charge in [-0.25, -0.2) is 0 Å². The molecule has 0 bridgehead atoms. The molecule has 0 spiro atoms. The first-order chi connectivity index (χ1) is 4.91. The zero-order valence-electron chi connectivity index (χ0n) is 6.18. The van der Waals surface area contributed by atoms with Crippen molar-refractivity contribution in [2.45, 2.75) is 36.1 Å². The minimum absolute atomic E-state index is 0.0179. The molecule has 1 saturated heterocycles. The van der Waals surface area contributed by atoms with Crippen molar-refractivity contribution in [1.82, 2.24) is 0 Å². The second-order valence-electron chi connectivity index (χ2n) is 2.56. The van der Waals surface area contributed by atoms with E-state index in [-0.39, 0.29) is 12.2 Å². The van der Waals surface area contributed by atoms with Crippen molar-refractivity contribution in [2.75, 3.05) is 0 Å². The molecule has 0 aliphatic carbocycles. The van der Waals surface area contributed by atoms with Crippen LogP contribution in [0.1, 0.15) is 13.8 Å². The normalized spacial score (nSPS) is 39.5. The van der Waals surface area contributed by atoms with Crippen LogP contribution in [-0.2, 0) is 9.47 Å². The lowest BCUT2D eigenvalue weighted by Crippen LogP contribution is -2.26. The van der Waals surface area contributed by atoms with E-state index in [1.807, 2.05) is 13.8 Å². The van der Waals surface area contributed by atoms with Crippen molar-refractivity contribution in [3.63, 3.8) is 0 Å². The maximum Gasteiger partial charge on any atom is 0.240 e. The first-order valence-corrected chi connectivity index (χ1v) is 4.42. The van der Waals surface area contributed by atoms with E-state index in [1.165, 1.54) is 0 Å². The van der Waals surface area contributed by atoms with Crippen molar-refractivity contribution in [1.29, 1.82) is 0 Å². The van der Waals surface area contributed by atoms with E-state index in [2.05, 4.69) is 0 Å². The zero-order valence-corrected chi connectivity index (χ0v) is 8.45. The van der Waals surface area contributed by atoms with Crippen molar-refractivity contribution < 1.29 is 9.47 Å². The lowest BCUT2D eigenvalue weighted by atomic mass is 10.3. The standard InChI is InChI=1S/C6H9Cl3O2/c1-3-4(2)11-5(10-3)6(7,8)9/h3-5H,1-2H3/t3-,4+,5?. The Hall–Kier alpha value is 0.790. The van der Waals surface area contributed by atoms with Gasteiger partial charge in [0.15, 0.2) is 0 Å². The van der Waals surface area contributed by atoms with E-state index < -0.39 is 10.1 Å². The molecule has 1 unspecified atom stereocenters.